The Morgan fingerprint density at radius 2 is 2.04 bits per heavy atom. The van der Waals surface area contributed by atoms with Crippen molar-refractivity contribution >= 4 is 17.6 Å². The molecule has 0 saturated heterocycles. The second-order valence-corrected chi connectivity index (χ2v) is 5.14. The van der Waals surface area contributed by atoms with Gasteiger partial charge in [0.1, 0.15) is 5.15 Å². The van der Waals surface area contributed by atoms with Crippen LogP contribution in [0, 0.1) is 0 Å². The number of aromatic nitrogens is 4. The molecule has 0 amide bonds. The first-order chi connectivity index (χ1) is 11.4. The largest absolute Gasteiger partial charge is 0.481 e. The molecule has 2 aliphatic rings. The lowest BCUT2D eigenvalue weighted by molar-refractivity contribution is -0.134. The molecule has 1 aromatic heterocycles. The maximum absolute atomic E-state index is 11.7. The lowest BCUT2D eigenvalue weighted by Gasteiger charge is -2.12. The standard InChI is InChI=1S/C13H9ClN4O2.C2H4O2/c14-10-4-3-8(6-15-10)7-18-5-1-2-9-11(18)16-13(20)17-12(9)19;1-2(3)4/h1-6H,7H2,(H,17,19,20);1H3,(H,3,4). The van der Waals surface area contributed by atoms with Crippen LogP contribution in [0.15, 0.2) is 46.2 Å². The zero-order valence-electron chi connectivity index (χ0n) is 12.6. The average molecular weight is 349 g/mol. The van der Waals surface area contributed by atoms with E-state index in [2.05, 4.69) is 15.0 Å². The van der Waals surface area contributed by atoms with Gasteiger partial charge in [-0.05, 0) is 23.8 Å². The third kappa shape index (κ3) is 4.50. The molecular formula is C15H13ClN4O4. The van der Waals surface area contributed by atoms with E-state index in [4.69, 9.17) is 21.5 Å². The number of aliphatic carboxylic acids is 1. The molecule has 0 unspecified atom stereocenters. The molecule has 124 valence electrons. The number of fused-ring (bicyclic) bond motifs is 1. The molecule has 0 atom stereocenters. The molecule has 0 radical (unpaired) electrons. The Bertz CT molecular complexity index is 929. The maximum atomic E-state index is 11.7. The van der Waals surface area contributed by atoms with Crippen molar-refractivity contribution in [2.75, 3.05) is 0 Å². The summed E-state index contributed by atoms with van der Waals surface area (Å²) >= 11 is 5.73. The number of carboxylic acid groups (broad SMARTS) is 1. The minimum atomic E-state index is -0.833. The van der Waals surface area contributed by atoms with Gasteiger partial charge in [-0.3, -0.25) is 14.6 Å². The van der Waals surface area contributed by atoms with Gasteiger partial charge in [-0.2, -0.15) is 4.98 Å². The quantitative estimate of drug-likeness (QED) is 0.672. The molecule has 0 aliphatic carbocycles. The number of H-pyrrole nitrogens is 1. The number of hydrogen-bond donors (Lipinski definition) is 2. The van der Waals surface area contributed by atoms with E-state index in [1.165, 1.54) is 0 Å². The van der Waals surface area contributed by atoms with Crippen molar-refractivity contribution in [3.05, 3.63) is 68.2 Å². The number of rotatable bonds is 2. The predicted molar refractivity (Wildman–Crippen MR) is 87.4 cm³/mol. The van der Waals surface area contributed by atoms with Crippen LogP contribution in [0.2, 0.25) is 5.15 Å². The second kappa shape index (κ2) is 7.51. The van der Waals surface area contributed by atoms with E-state index in [9.17, 15) is 9.59 Å². The molecule has 3 heterocycles. The summed E-state index contributed by atoms with van der Waals surface area (Å²) in [5.74, 6) is -0.490. The van der Waals surface area contributed by atoms with E-state index in [1.54, 1.807) is 35.2 Å². The molecule has 1 aromatic rings. The van der Waals surface area contributed by atoms with Crippen LogP contribution in [-0.2, 0) is 11.3 Å². The lowest BCUT2D eigenvalue weighted by Crippen LogP contribution is -2.27. The topological polar surface area (TPSA) is 118 Å². The molecule has 0 fully saturated rings. The second-order valence-electron chi connectivity index (χ2n) is 4.75. The summed E-state index contributed by atoms with van der Waals surface area (Å²) < 4.78 is 1.72. The van der Waals surface area contributed by atoms with Gasteiger partial charge in [-0.25, -0.2) is 9.78 Å². The number of nitrogens with zero attached hydrogens (tertiary/aromatic N) is 3. The first-order valence-electron chi connectivity index (χ1n) is 6.76. The highest BCUT2D eigenvalue weighted by Gasteiger charge is 2.12. The number of hydrogen-bond acceptors (Lipinski definition) is 5. The summed E-state index contributed by atoms with van der Waals surface area (Å²) in [7, 11) is 0. The summed E-state index contributed by atoms with van der Waals surface area (Å²) in [6.45, 7) is 1.53. The fourth-order valence-corrected chi connectivity index (χ4v) is 2.07. The van der Waals surface area contributed by atoms with Crippen molar-refractivity contribution in [1.82, 2.24) is 19.5 Å². The van der Waals surface area contributed by atoms with Crippen LogP contribution in [0.5, 0.6) is 0 Å². The number of halogens is 1. The fourth-order valence-electron chi connectivity index (χ4n) is 1.96. The van der Waals surface area contributed by atoms with Crippen molar-refractivity contribution in [2.45, 2.75) is 13.5 Å². The van der Waals surface area contributed by atoms with Gasteiger partial charge in [0.05, 0.1) is 12.1 Å². The summed E-state index contributed by atoms with van der Waals surface area (Å²) in [5, 5.41) is 7.83. The van der Waals surface area contributed by atoms with Gasteiger partial charge in [0.15, 0.2) is 5.82 Å². The molecule has 0 spiro atoms. The van der Waals surface area contributed by atoms with Crippen molar-refractivity contribution in [3.8, 4) is 11.4 Å². The number of carbonyl (C=O) groups is 1. The van der Waals surface area contributed by atoms with E-state index in [0.717, 1.165) is 12.5 Å². The Labute approximate surface area is 140 Å². The van der Waals surface area contributed by atoms with E-state index >= 15 is 0 Å². The monoisotopic (exact) mass is 348 g/mol. The maximum Gasteiger partial charge on any atom is 0.349 e. The highest BCUT2D eigenvalue weighted by Crippen LogP contribution is 2.14. The van der Waals surface area contributed by atoms with Crippen molar-refractivity contribution in [3.63, 3.8) is 0 Å². The zero-order valence-corrected chi connectivity index (χ0v) is 13.3. The molecule has 8 nitrogen and oxygen atoms in total. The average Bonchev–Trinajstić information content (AvgIpc) is 2.50. The predicted octanol–water partition coefficient (Wildman–Crippen LogP) is 1.22. The van der Waals surface area contributed by atoms with Gasteiger partial charge >= 0.3 is 5.69 Å². The Morgan fingerprint density at radius 3 is 2.67 bits per heavy atom. The van der Waals surface area contributed by atoms with Gasteiger partial charge in [0.2, 0.25) is 0 Å². The SMILES string of the molecule is CC(=O)O.O=c1nc2n(Cc3ccc(Cl)nc3)cccc-2c(=O)[nH]1. The molecule has 0 saturated carbocycles. The minimum absolute atomic E-state index is 0.344. The summed E-state index contributed by atoms with van der Waals surface area (Å²) in [4.78, 5) is 42.0. The third-order valence-corrected chi connectivity index (χ3v) is 3.08. The van der Waals surface area contributed by atoms with Gasteiger partial charge in [-0.1, -0.05) is 17.7 Å². The normalized spacial score (nSPS) is 10.1. The number of nitrogens with one attached hydrogen (secondary N) is 1. The molecule has 9 heteroatoms. The van der Waals surface area contributed by atoms with Gasteiger partial charge in [0.25, 0.3) is 11.5 Å². The Balaban J connectivity index is 0.000000471. The smallest absolute Gasteiger partial charge is 0.349 e. The van der Waals surface area contributed by atoms with Crippen LogP contribution in [0.1, 0.15) is 12.5 Å². The van der Waals surface area contributed by atoms with Gasteiger partial charge in [0, 0.05) is 19.3 Å². The summed E-state index contributed by atoms with van der Waals surface area (Å²) in [6.07, 6.45) is 3.39. The molecule has 0 aromatic carbocycles. The summed E-state index contributed by atoms with van der Waals surface area (Å²) in [6, 6.07) is 6.86. The first-order valence-corrected chi connectivity index (χ1v) is 7.14. The fraction of sp³-hybridized carbons (Fsp3) is 0.133. The van der Waals surface area contributed by atoms with Crippen LogP contribution in [0.4, 0.5) is 0 Å². The molecule has 0 bridgehead atoms. The van der Waals surface area contributed by atoms with Crippen molar-refractivity contribution in [2.24, 2.45) is 0 Å². The van der Waals surface area contributed by atoms with E-state index in [0.29, 0.717) is 23.1 Å². The molecule has 24 heavy (non-hydrogen) atoms. The number of aromatic amines is 1. The third-order valence-electron chi connectivity index (χ3n) is 2.86. The van der Waals surface area contributed by atoms with E-state index in [1.807, 2.05) is 6.07 Å². The molecule has 3 rings (SSSR count). The van der Waals surface area contributed by atoms with Crippen LogP contribution < -0.4 is 11.2 Å². The highest BCUT2D eigenvalue weighted by atomic mass is 35.5. The van der Waals surface area contributed by atoms with Crippen LogP contribution >= 0.6 is 11.6 Å². The van der Waals surface area contributed by atoms with Gasteiger partial charge in [-0.15, -0.1) is 0 Å². The van der Waals surface area contributed by atoms with E-state index in [-0.39, 0.29) is 0 Å². The van der Waals surface area contributed by atoms with Crippen molar-refractivity contribution in [1.29, 1.82) is 0 Å². The van der Waals surface area contributed by atoms with Crippen LogP contribution in [0.3, 0.4) is 0 Å². The Hall–Kier alpha value is -3.00. The Morgan fingerprint density at radius 1 is 1.33 bits per heavy atom. The number of carboxylic acids is 1. The molecule has 2 N–H and O–H groups in total. The number of pyridine rings is 2. The van der Waals surface area contributed by atoms with Crippen LogP contribution in [-0.4, -0.2) is 30.6 Å². The Kier molecular flexibility index (Phi) is 5.43. The molecular weight excluding hydrogens is 336 g/mol. The van der Waals surface area contributed by atoms with Crippen LogP contribution in [0.25, 0.3) is 11.4 Å². The molecule has 2 aliphatic heterocycles. The van der Waals surface area contributed by atoms with E-state index < -0.39 is 17.2 Å². The first kappa shape index (κ1) is 17.4. The lowest BCUT2D eigenvalue weighted by atomic mass is 10.2. The summed E-state index contributed by atoms with van der Waals surface area (Å²) in [5.41, 5.74) is 0.163. The van der Waals surface area contributed by atoms with Gasteiger partial charge < -0.3 is 9.67 Å². The minimum Gasteiger partial charge on any atom is -0.481 e. The zero-order chi connectivity index (χ0) is 17.7. The van der Waals surface area contributed by atoms with Crippen molar-refractivity contribution < 1.29 is 9.90 Å². The highest BCUT2D eigenvalue weighted by molar-refractivity contribution is 6.29.